The summed E-state index contributed by atoms with van der Waals surface area (Å²) in [5, 5.41) is 0. The van der Waals surface area contributed by atoms with Gasteiger partial charge in [0.25, 0.3) is 11.8 Å². The minimum atomic E-state index is -0.462. The molecule has 2 aliphatic rings. The summed E-state index contributed by atoms with van der Waals surface area (Å²) in [5.74, 6) is 0.0487. The Labute approximate surface area is 212 Å². The molecule has 10 heteroatoms. The van der Waals surface area contributed by atoms with Crippen LogP contribution in [0.3, 0.4) is 0 Å². The SMILES string of the molecule is CN1CCN(C(=O)c2ccc(CN3C(=O)COc4ccc(C(=O)COc5cccc(F)c5)cc43)o2)CC1. The maximum absolute atomic E-state index is 13.4. The predicted molar refractivity (Wildman–Crippen MR) is 131 cm³/mol. The number of rotatable bonds is 7. The first kappa shape index (κ1) is 24.5. The zero-order valence-corrected chi connectivity index (χ0v) is 20.3. The van der Waals surface area contributed by atoms with Crippen molar-refractivity contribution >= 4 is 23.3 Å². The lowest BCUT2D eigenvalue weighted by molar-refractivity contribution is -0.121. The molecule has 1 saturated heterocycles. The smallest absolute Gasteiger partial charge is 0.289 e. The summed E-state index contributed by atoms with van der Waals surface area (Å²) in [6.45, 7) is 2.46. The molecule has 0 atom stereocenters. The minimum absolute atomic E-state index is 0.0721. The van der Waals surface area contributed by atoms with E-state index in [9.17, 15) is 18.8 Å². The number of carbonyl (C=O) groups is 3. The van der Waals surface area contributed by atoms with Crippen LogP contribution in [0.4, 0.5) is 10.1 Å². The molecule has 1 fully saturated rings. The summed E-state index contributed by atoms with van der Waals surface area (Å²) in [5.41, 5.74) is 0.722. The van der Waals surface area contributed by atoms with Crippen LogP contribution in [0.25, 0.3) is 0 Å². The Hall–Kier alpha value is -4.18. The van der Waals surface area contributed by atoms with Gasteiger partial charge in [0.1, 0.15) is 23.1 Å². The molecule has 1 aromatic heterocycles. The molecule has 9 nitrogen and oxygen atoms in total. The van der Waals surface area contributed by atoms with E-state index in [0.717, 1.165) is 13.1 Å². The highest BCUT2D eigenvalue weighted by molar-refractivity contribution is 6.02. The summed E-state index contributed by atoms with van der Waals surface area (Å²) < 4.78 is 30.1. The van der Waals surface area contributed by atoms with Crippen molar-refractivity contribution in [3.63, 3.8) is 0 Å². The van der Waals surface area contributed by atoms with E-state index in [1.165, 1.54) is 23.1 Å². The Morgan fingerprint density at radius 1 is 1.03 bits per heavy atom. The van der Waals surface area contributed by atoms with Crippen LogP contribution in [0.2, 0.25) is 0 Å². The number of fused-ring (bicyclic) bond motifs is 1. The van der Waals surface area contributed by atoms with Crippen molar-refractivity contribution in [1.29, 1.82) is 0 Å². The van der Waals surface area contributed by atoms with Crippen molar-refractivity contribution in [2.45, 2.75) is 6.54 Å². The fourth-order valence-electron chi connectivity index (χ4n) is 4.24. The molecule has 2 amide bonds. The number of Topliss-reactive ketones (excluding diaryl/α,β-unsaturated/α-hetero) is 1. The standard InChI is InChI=1S/C27H26FN3O6/c1-29-9-11-30(12-10-29)27(34)25-8-6-21(37-25)15-31-22-13-18(5-7-24(22)36-17-26(31)33)23(32)16-35-20-4-2-3-19(28)14-20/h2-8,13-14H,9-12,15-17H2,1H3. The number of likely N-dealkylation sites (N-methyl/N-ethyl adjacent to an activating group) is 1. The summed E-state index contributed by atoms with van der Waals surface area (Å²) in [7, 11) is 2.01. The monoisotopic (exact) mass is 507 g/mol. The van der Waals surface area contributed by atoms with Gasteiger partial charge in [-0.05, 0) is 49.5 Å². The first-order valence-corrected chi connectivity index (χ1v) is 11.9. The third-order valence-electron chi connectivity index (χ3n) is 6.37. The first-order valence-electron chi connectivity index (χ1n) is 11.9. The summed E-state index contributed by atoms with van der Waals surface area (Å²) in [6.07, 6.45) is 0. The number of nitrogens with zero attached hydrogens (tertiary/aromatic N) is 3. The third kappa shape index (κ3) is 5.49. The van der Waals surface area contributed by atoms with Crippen molar-refractivity contribution in [3.8, 4) is 11.5 Å². The number of ether oxygens (including phenoxy) is 2. The van der Waals surface area contributed by atoms with Gasteiger partial charge in [-0.25, -0.2) is 4.39 Å². The normalized spacial score (nSPS) is 15.8. The van der Waals surface area contributed by atoms with Crippen molar-refractivity contribution in [3.05, 3.63) is 77.5 Å². The van der Waals surface area contributed by atoms with Crippen LogP contribution < -0.4 is 14.4 Å². The fraction of sp³-hybridized carbons (Fsp3) is 0.296. The molecular formula is C27H26FN3O6. The van der Waals surface area contributed by atoms with E-state index in [1.54, 1.807) is 41.3 Å². The second kappa shape index (κ2) is 10.4. The van der Waals surface area contributed by atoms with Gasteiger partial charge in [-0.1, -0.05) is 6.07 Å². The molecule has 0 saturated carbocycles. The van der Waals surface area contributed by atoms with Gasteiger partial charge in [-0.2, -0.15) is 0 Å². The Morgan fingerprint density at radius 2 is 1.84 bits per heavy atom. The van der Waals surface area contributed by atoms with E-state index in [4.69, 9.17) is 13.9 Å². The van der Waals surface area contributed by atoms with Crippen LogP contribution in [0.15, 0.2) is 59.0 Å². The van der Waals surface area contributed by atoms with Crippen molar-refractivity contribution in [2.75, 3.05) is 51.3 Å². The van der Waals surface area contributed by atoms with Gasteiger partial charge >= 0.3 is 0 Å². The molecule has 0 N–H and O–H groups in total. The first-order chi connectivity index (χ1) is 17.9. The molecule has 0 radical (unpaired) electrons. The largest absolute Gasteiger partial charge is 0.485 e. The Balaban J connectivity index is 1.29. The summed E-state index contributed by atoms with van der Waals surface area (Å²) >= 11 is 0. The number of anilines is 1. The van der Waals surface area contributed by atoms with Gasteiger partial charge in [-0.15, -0.1) is 0 Å². The highest BCUT2D eigenvalue weighted by atomic mass is 19.1. The van der Waals surface area contributed by atoms with E-state index in [1.807, 2.05) is 7.05 Å². The Kier molecular flexibility index (Phi) is 6.91. The van der Waals surface area contributed by atoms with Crippen molar-refractivity contribution < 1.29 is 32.7 Å². The number of piperazine rings is 1. The van der Waals surface area contributed by atoms with Gasteiger partial charge in [0.05, 0.1) is 12.2 Å². The van der Waals surface area contributed by atoms with Crippen LogP contribution in [0.5, 0.6) is 11.5 Å². The molecule has 3 heterocycles. The zero-order chi connectivity index (χ0) is 25.9. The molecule has 192 valence electrons. The average Bonchev–Trinajstić information content (AvgIpc) is 3.37. The maximum atomic E-state index is 13.4. The number of hydrogen-bond acceptors (Lipinski definition) is 7. The van der Waals surface area contributed by atoms with E-state index in [2.05, 4.69) is 4.90 Å². The van der Waals surface area contributed by atoms with Crippen LogP contribution in [-0.4, -0.2) is 73.8 Å². The van der Waals surface area contributed by atoms with Gasteiger partial charge in [0.15, 0.2) is 24.8 Å². The second-order valence-electron chi connectivity index (χ2n) is 8.98. The molecule has 3 aromatic rings. The number of halogens is 1. The van der Waals surface area contributed by atoms with Gasteiger partial charge < -0.3 is 23.7 Å². The Bertz CT molecular complexity index is 1330. The number of hydrogen-bond donors (Lipinski definition) is 0. The summed E-state index contributed by atoms with van der Waals surface area (Å²) in [6, 6.07) is 13.6. The third-order valence-corrected chi connectivity index (χ3v) is 6.37. The fourth-order valence-corrected chi connectivity index (χ4v) is 4.24. The van der Waals surface area contributed by atoms with E-state index in [0.29, 0.717) is 35.9 Å². The van der Waals surface area contributed by atoms with Gasteiger partial charge in [0.2, 0.25) is 0 Å². The lowest BCUT2D eigenvalue weighted by Gasteiger charge is -2.31. The number of amides is 2. The highest BCUT2D eigenvalue weighted by Crippen LogP contribution is 2.34. The molecule has 2 aliphatic heterocycles. The quantitative estimate of drug-likeness (QED) is 0.454. The number of furan rings is 1. The van der Waals surface area contributed by atoms with Crippen molar-refractivity contribution in [1.82, 2.24) is 9.80 Å². The van der Waals surface area contributed by atoms with E-state index in [-0.39, 0.29) is 48.9 Å². The van der Waals surface area contributed by atoms with Gasteiger partial charge in [-0.3, -0.25) is 19.3 Å². The average molecular weight is 508 g/mol. The van der Waals surface area contributed by atoms with Crippen LogP contribution in [0, 0.1) is 5.82 Å². The number of benzene rings is 2. The van der Waals surface area contributed by atoms with Crippen LogP contribution in [-0.2, 0) is 11.3 Å². The lowest BCUT2D eigenvalue weighted by atomic mass is 10.1. The van der Waals surface area contributed by atoms with Crippen LogP contribution in [0.1, 0.15) is 26.7 Å². The number of ketones is 1. The Morgan fingerprint density at radius 3 is 2.62 bits per heavy atom. The maximum Gasteiger partial charge on any atom is 0.289 e. The highest BCUT2D eigenvalue weighted by Gasteiger charge is 2.29. The van der Waals surface area contributed by atoms with Crippen LogP contribution >= 0.6 is 0 Å². The molecule has 5 rings (SSSR count). The molecule has 0 unspecified atom stereocenters. The molecular weight excluding hydrogens is 481 g/mol. The molecule has 0 aliphatic carbocycles. The minimum Gasteiger partial charge on any atom is -0.485 e. The molecule has 0 spiro atoms. The molecule has 2 aromatic carbocycles. The van der Waals surface area contributed by atoms with E-state index >= 15 is 0 Å². The van der Waals surface area contributed by atoms with Gasteiger partial charge in [0, 0.05) is 37.8 Å². The van der Waals surface area contributed by atoms with E-state index < -0.39 is 5.82 Å². The zero-order valence-electron chi connectivity index (χ0n) is 20.3. The topological polar surface area (TPSA) is 92.5 Å². The summed E-state index contributed by atoms with van der Waals surface area (Å²) in [4.78, 5) is 43.7. The molecule has 0 bridgehead atoms. The van der Waals surface area contributed by atoms with Crippen molar-refractivity contribution in [2.24, 2.45) is 0 Å². The predicted octanol–water partition coefficient (Wildman–Crippen LogP) is 2.99. The lowest BCUT2D eigenvalue weighted by Crippen LogP contribution is -2.47. The number of carbonyl (C=O) groups excluding carboxylic acids is 3. The second-order valence-corrected chi connectivity index (χ2v) is 8.98. The molecule has 37 heavy (non-hydrogen) atoms.